The number of ether oxygens (including phenoxy) is 2. The molecule has 11 nitrogen and oxygen atoms in total. The van der Waals surface area contributed by atoms with Gasteiger partial charge in [0.25, 0.3) is 0 Å². The van der Waals surface area contributed by atoms with E-state index in [0.717, 1.165) is 31.2 Å². The molecule has 0 radical (unpaired) electrons. The Balaban J connectivity index is 1.57. The van der Waals surface area contributed by atoms with Crippen molar-refractivity contribution in [2.45, 2.75) is 64.5 Å². The molecule has 3 fully saturated rings. The van der Waals surface area contributed by atoms with Gasteiger partial charge in [0.2, 0.25) is 11.8 Å². The third kappa shape index (κ3) is 5.42. The van der Waals surface area contributed by atoms with Gasteiger partial charge in [-0.3, -0.25) is 14.4 Å². The highest BCUT2D eigenvalue weighted by molar-refractivity contribution is 6.31. The first kappa shape index (κ1) is 30.4. The lowest BCUT2D eigenvalue weighted by Crippen LogP contribution is -2.54. The standard InChI is InChI=1S/C30H42ClN5O6/c1-29(28(39)40)10-5-4-6-19(29)27(38)35-13-9-18-20(31)7-8-23(42-15-21(32)22(16-41-3)34(2)33)25(18)26(35)36-17-30(11-12-30)14-24(36)37/h7-8,19,26H,4-6,9-17,32-33H2,1-3H3,(H,39,40)/b22-21-/t19?,26?,29-/m0/s1. The van der Waals surface area contributed by atoms with Crippen LogP contribution in [-0.4, -0.2) is 78.2 Å². The molecule has 42 heavy (non-hydrogen) atoms. The maximum atomic E-state index is 14.4. The largest absolute Gasteiger partial charge is 0.487 e. The Bertz CT molecular complexity index is 1300. The number of hydrogen-bond donors (Lipinski definition) is 3. The SMILES string of the molecule is COC/C(=C(/N)COc1ccc(Cl)c2c1C(N1CC3(CC3)CC1=O)N(C(=O)C1CCCC[C@]1(C)C(=O)O)CC2)N(C)N. The number of carboxylic acid groups (broad SMARTS) is 1. The Labute approximate surface area is 251 Å². The van der Waals surface area contributed by atoms with Gasteiger partial charge < -0.3 is 35.1 Å². The highest BCUT2D eigenvalue weighted by atomic mass is 35.5. The maximum absolute atomic E-state index is 14.4. The minimum Gasteiger partial charge on any atom is -0.487 e. The number of nitrogens with zero attached hydrogens (tertiary/aromatic N) is 3. The number of halogens is 1. The molecule has 2 saturated carbocycles. The summed E-state index contributed by atoms with van der Waals surface area (Å²) in [4.78, 5) is 43.9. The first-order valence-corrected chi connectivity index (χ1v) is 15.0. The van der Waals surface area contributed by atoms with Gasteiger partial charge in [0.05, 0.1) is 29.3 Å². The van der Waals surface area contributed by atoms with Crippen LogP contribution in [0.4, 0.5) is 0 Å². The van der Waals surface area contributed by atoms with E-state index < -0.39 is 23.5 Å². The van der Waals surface area contributed by atoms with Gasteiger partial charge >= 0.3 is 5.97 Å². The fourth-order valence-electron chi connectivity index (χ4n) is 6.99. The molecule has 2 aliphatic carbocycles. The van der Waals surface area contributed by atoms with Crippen molar-refractivity contribution in [1.29, 1.82) is 0 Å². The molecule has 0 aromatic heterocycles. The quantitative estimate of drug-likeness (QED) is 0.286. The number of methoxy groups -OCH3 is 1. The molecule has 3 atom stereocenters. The number of hydrazine groups is 1. The molecule has 1 aromatic rings. The summed E-state index contributed by atoms with van der Waals surface area (Å²) in [6.07, 6.45) is 4.53. The average Bonchev–Trinajstić information content (AvgIpc) is 3.63. The van der Waals surface area contributed by atoms with Gasteiger partial charge in [-0.05, 0) is 62.1 Å². The van der Waals surface area contributed by atoms with Gasteiger partial charge in [0, 0.05) is 44.3 Å². The predicted molar refractivity (Wildman–Crippen MR) is 156 cm³/mol. The first-order chi connectivity index (χ1) is 19.9. The topological polar surface area (TPSA) is 152 Å². The van der Waals surface area contributed by atoms with Crippen LogP contribution in [-0.2, 0) is 25.5 Å². The number of carbonyl (C=O) groups is 3. The van der Waals surface area contributed by atoms with E-state index in [1.807, 2.05) is 0 Å². The summed E-state index contributed by atoms with van der Waals surface area (Å²) in [5.74, 6) is 4.50. The van der Waals surface area contributed by atoms with E-state index in [0.29, 0.717) is 66.5 Å². The van der Waals surface area contributed by atoms with Gasteiger partial charge in [-0.25, -0.2) is 5.84 Å². The number of likely N-dealkylation sites (N-methyl/N-ethyl adjacent to an activating group) is 1. The number of fused-ring (bicyclic) bond motifs is 1. The Morgan fingerprint density at radius 3 is 2.57 bits per heavy atom. The summed E-state index contributed by atoms with van der Waals surface area (Å²) in [5.41, 5.74) is 7.52. The molecule has 5 N–H and O–H groups in total. The zero-order chi connectivity index (χ0) is 30.4. The van der Waals surface area contributed by atoms with E-state index in [9.17, 15) is 19.5 Å². The Morgan fingerprint density at radius 2 is 1.95 bits per heavy atom. The van der Waals surface area contributed by atoms with Crippen LogP contribution in [0.25, 0.3) is 0 Å². The van der Waals surface area contributed by atoms with Crippen molar-refractivity contribution >= 4 is 29.4 Å². The van der Waals surface area contributed by atoms with E-state index >= 15 is 0 Å². The molecule has 2 heterocycles. The van der Waals surface area contributed by atoms with Gasteiger partial charge in [-0.1, -0.05) is 24.4 Å². The number of hydrogen-bond acceptors (Lipinski definition) is 8. The van der Waals surface area contributed by atoms with E-state index in [4.69, 9.17) is 32.7 Å². The lowest BCUT2D eigenvalue weighted by atomic mass is 9.66. The molecule has 1 spiro atoms. The molecular weight excluding hydrogens is 562 g/mol. The van der Waals surface area contributed by atoms with Crippen LogP contribution in [0.2, 0.25) is 5.02 Å². The number of aliphatic carboxylic acids is 1. The van der Waals surface area contributed by atoms with Crippen molar-refractivity contribution in [3.63, 3.8) is 0 Å². The Morgan fingerprint density at radius 1 is 1.21 bits per heavy atom. The van der Waals surface area contributed by atoms with E-state index in [-0.39, 0.29) is 30.4 Å². The number of nitrogens with two attached hydrogens (primary N) is 2. The van der Waals surface area contributed by atoms with Crippen molar-refractivity contribution < 1.29 is 29.0 Å². The minimum atomic E-state index is -1.17. The van der Waals surface area contributed by atoms with Gasteiger partial charge in [-0.2, -0.15) is 0 Å². The third-order valence-electron chi connectivity index (χ3n) is 9.76. The maximum Gasteiger partial charge on any atom is 0.310 e. The fraction of sp³-hybridized carbons (Fsp3) is 0.633. The summed E-state index contributed by atoms with van der Waals surface area (Å²) in [6.45, 7) is 2.72. The monoisotopic (exact) mass is 603 g/mol. The second-order valence-electron chi connectivity index (χ2n) is 12.6. The van der Waals surface area contributed by atoms with Crippen molar-refractivity contribution in [3.8, 4) is 5.75 Å². The molecule has 2 aliphatic heterocycles. The molecule has 1 aromatic carbocycles. The lowest BCUT2D eigenvalue weighted by Gasteiger charge is -2.47. The summed E-state index contributed by atoms with van der Waals surface area (Å²) in [5, 5.41) is 12.1. The zero-order valence-electron chi connectivity index (χ0n) is 24.7. The van der Waals surface area contributed by atoms with Crippen LogP contribution in [0.15, 0.2) is 23.5 Å². The molecule has 4 aliphatic rings. The number of carboxylic acids is 1. The van der Waals surface area contributed by atoms with E-state index in [2.05, 4.69) is 0 Å². The van der Waals surface area contributed by atoms with Crippen LogP contribution in [0.5, 0.6) is 5.75 Å². The molecule has 2 amide bonds. The fourth-order valence-corrected chi connectivity index (χ4v) is 7.25. The van der Waals surface area contributed by atoms with Crippen molar-refractivity contribution in [1.82, 2.24) is 14.8 Å². The van der Waals surface area contributed by atoms with Gasteiger partial charge in [-0.15, -0.1) is 0 Å². The first-order valence-electron chi connectivity index (χ1n) is 14.6. The van der Waals surface area contributed by atoms with Crippen molar-refractivity contribution in [2.75, 3.05) is 40.5 Å². The third-order valence-corrected chi connectivity index (χ3v) is 10.1. The van der Waals surface area contributed by atoms with Crippen molar-refractivity contribution in [3.05, 3.63) is 39.7 Å². The number of likely N-dealkylation sites (tertiary alicyclic amines) is 1. The summed E-state index contributed by atoms with van der Waals surface area (Å²) < 4.78 is 11.5. The second-order valence-corrected chi connectivity index (χ2v) is 13.0. The van der Waals surface area contributed by atoms with Crippen LogP contribution in [0.3, 0.4) is 0 Å². The van der Waals surface area contributed by atoms with Crippen molar-refractivity contribution in [2.24, 2.45) is 28.3 Å². The number of benzene rings is 1. The molecule has 0 bridgehead atoms. The smallest absolute Gasteiger partial charge is 0.310 e. The molecule has 12 heteroatoms. The summed E-state index contributed by atoms with van der Waals surface area (Å²) >= 11 is 6.74. The zero-order valence-corrected chi connectivity index (χ0v) is 25.4. The number of amides is 2. The number of carbonyl (C=O) groups excluding carboxylic acids is 2. The summed E-state index contributed by atoms with van der Waals surface area (Å²) in [7, 11) is 3.21. The van der Waals surface area contributed by atoms with E-state index in [1.165, 1.54) is 5.01 Å². The normalized spacial score (nSPS) is 27.0. The van der Waals surface area contributed by atoms with Crippen LogP contribution >= 0.6 is 11.6 Å². The van der Waals surface area contributed by atoms with Gasteiger partial charge in [0.1, 0.15) is 18.5 Å². The highest BCUT2D eigenvalue weighted by Crippen LogP contribution is 2.56. The molecule has 2 unspecified atom stereocenters. The molecular formula is C30H42ClN5O6. The van der Waals surface area contributed by atoms with Crippen LogP contribution in [0, 0.1) is 16.7 Å². The average molecular weight is 604 g/mol. The highest BCUT2D eigenvalue weighted by Gasteiger charge is 2.56. The van der Waals surface area contributed by atoms with Crippen LogP contribution < -0.4 is 16.3 Å². The number of rotatable bonds is 9. The van der Waals surface area contributed by atoms with Gasteiger partial charge in [0.15, 0.2) is 0 Å². The Kier molecular flexibility index (Phi) is 8.39. The molecule has 230 valence electrons. The lowest BCUT2D eigenvalue weighted by molar-refractivity contribution is -0.165. The minimum absolute atomic E-state index is 0.00737. The molecule has 5 rings (SSSR count). The Hall–Kier alpha value is -3.02. The van der Waals surface area contributed by atoms with E-state index in [1.54, 1.807) is 43.0 Å². The van der Waals surface area contributed by atoms with Crippen LogP contribution in [0.1, 0.15) is 69.2 Å². The predicted octanol–water partition coefficient (Wildman–Crippen LogP) is 3.02. The second kappa shape index (κ2) is 11.6. The summed E-state index contributed by atoms with van der Waals surface area (Å²) in [6, 6.07) is 3.50. The molecule has 1 saturated heterocycles.